The first-order chi connectivity index (χ1) is 12.0. The van der Waals surface area contributed by atoms with Gasteiger partial charge in [0.15, 0.2) is 12.4 Å². The molecule has 25 heavy (non-hydrogen) atoms. The average Bonchev–Trinajstić information content (AvgIpc) is 3.22. The van der Waals surface area contributed by atoms with Crippen molar-refractivity contribution < 1.29 is 14.1 Å². The van der Waals surface area contributed by atoms with Gasteiger partial charge in [-0.25, -0.2) is 0 Å². The van der Waals surface area contributed by atoms with Crippen LogP contribution in [0.2, 0.25) is 0 Å². The Morgan fingerprint density at radius 1 is 1.32 bits per heavy atom. The van der Waals surface area contributed by atoms with E-state index in [-0.39, 0.29) is 18.4 Å². The molecule has 0 spiro atoms. The molecule has 8 nitrogen and oxygen atoms in total. The third-order valence-electron chi connectivity index (χ3n) is 3.21. The number of rotatable bonds is 6. The number of para-hydroxylation sites is 1. The number of amides is 1. The molecule has 130 valence electrons. The fourth-order valence-electron chi connectivity index (χ4n) is 1.99. The summed E-state index contributed by atoms with van der Waals surface area (Å²) in [5, 5.41) is 15.5. The van der Waals surface area contributed by atoms with Gasteiger partial charge in [0.1, 0.15) is 10.8 Å². The Morgan fingerprint density at radius 3 is 2.80 bits per heavy atom. The van der Waals surface area contributed by atoms with Gasteiger partial charge in [-0.1, -0.05) is 42.5 Å². The van der Waals surface area contributed by atoms with Crippen LogP contribution in [0.15, 0.2) is 28.8 Å². The number of anilines is 1. The predicted molar refractivity (Wildman–Crippen MR) is 92.6 cm³/mol. The van der Waals surface area contributed by atoms with Crippen molar-refractivity contribution >= 4 is 22.4 Å². The molecule has 0 atom stereocenters. The molecule has 0 unspecified atom stereocenters. The second-order valence-electron chi connectivity index (χ2n) is 5.57. The van der Waals surface area contributed by atoms with Crippen LogP contribution in [0.25, 0.3) is 11.5 Å². The molecule has 3 aromatic rings. The number of nitrogens with zero attached hydrogens (tertiary/aromatic N) is 4. The molecular weight excluding hydrogens is 342 g/mol. The van der Waals surface area contributed by atoms with Gasteiger partial charge in [0.25, 0.3) is 11.8 Å². The lowest BCUT2D eigenvalue weighted by molar-refractivity contribution is -0.118. The topological polar surface area (TPSA) is 103 Å². The summed E-state index contributed by atoms with van der Waals surface area (Å²) in [5.41, 5.74) is 0.640. The molecule has 0 bridgehead atoms. The normalized spacial score (nSPS) is 10.9. The van der Waals surface area contributed by atoms with Crippen molar-refractivity contribution in [3.63, 3.8) is 0 Å². The third kappa shape index (κ3) is 4.18. The molecule has 0 radical (unpaired) electrons. The molecule has 0 saturated carbocycles. The lowest BCUT2D eigenvalue weighted by atomic mass is 10.2. The number of nitrogens with one attached hydrogen (secondary N) is 1. The Bertz CT molecular complexity index is 874. The van der Waals surface area contributed by atoms with E-state index < -0.39 is 0 Å². The van der Waals surface area contributed by atoms with Crippen LogP contribution in [0.3, 0.4) is 0 Å². The van der Waals surface area contributed by atoms with E-state index in [4.69, 9.17) is 9.26 Å². The first kappa shape index (κ1) is 17.0. The number of aromatic nitrogens is 4. The summed E-state index contributed by atoms with van der Waals surface area (Å²) < 4.78 is 10.9. The summed E-state index contributed by atoms with van der Waals surface area (Å²) in [5.74, 6) is 1.31. The van der Waals surface area contributed by atoms with Gasteiger partial charge in [-0.2, -0.15) is 4.98 Å². The van der Waals surface area contributed by atoms with Gasteiger partial charge in [-0.3, -0.25) is 10.1 Å². The molecule has 1 amide bonds. The first-order valence-electron chi connectivity index (χ1n) is 7.68. The number of aryl methyl sites for hydroxylation is 1. The standard InChI is InChI=1S/C16H17N5O3S/c1-9(2)14-18-15(24-21-14)11-6-4-5-7-12(11)23-8-13(22)17-16-20-19-10(3)25-16/h4-7,9H,8H2,1-3H3,(H,17,20,22). The van der Waals surface area contributed by atoms with Gasteiger partial charge in [0, 0.05) is 5.92 Å². The highest BCUT2D eigenvalue weighted by atomic mass is 32.1. The molecule has 0 aliphatic carbocycles. The molecule has 0 saturated heterocycles. The zero-order chi connectivity index (χ0) is 17.8. The van der Waals surface area contributed by atoms with Crippen LogP contribution in [0.4, 0.5) is 5.13 Å². The molecule has 1 aromatic carbocycles. The maximum Gasteiger partial charge on any atom is 0.264 e. The minimum atomic E-state index is -0.320. The van der Waals surface area contributed by atoms with Crippen LogP contribution in [0.5, 0.6) is 5.75 Å². The van der Waals surface area contributed by atoms with Crippen molar-refractivity contribution in [3.05, 3.63) is 35.1 Å². The SMILES string of the molecule is Cc1nnc(NC(=O)COc2ccccc2-c2nc(C(C)C)no2)s1. The molecular formula is C16H17N5O3S. The fourth-order valence-corrected chi connectivity index (χ4v) is 2.60. The molecule has 0 aliphatic heterocycles. The molecule has 0 fully saturated rings. The lowest BCUT2D eigenvalue weighted by Crippen LogP contribution is -2.20. The van der Waals surface area contributed by atoms with E-state index in [1.807, 2.05) is 32.9 Å². The Hall–Kier alpha value is -2.81. The largest absolute Gasteiger partial charge is 0.483 e. The van der Waals surface area contributed by atoms with Gasteiger partial charge >= 0.3 is 0 Å². The van der Waals surface area contributed by atoms with Crippen molar-refractivity contribution in [2.75, 3.05) is 11.9 Å². The van der Waals surface area contributed by atoms with Gasteiger partial charge in [-0.15, -0.1) is 10.2 Å². The average molecular weight is 359 g/mol. The van der Waals surface area contributed by atoms with Gasteiger partial charge < -0.3 is 9.26 Å². The van der Waals surface area contributed by atoms with Crippen LogP contribution < -0.4 is 10.1 Å². The second kappa shape index (κ2) is 7.39. The number of ether oxygens (including phenoxy) is 1. The first-order valence-corrected chi connectivity index (χ1v) is 8.50. The smallest absolute Gasteiger partial charge is 0.264 e. The van der Waals surface area contributed by atoms with E-state index in [0.717, 1.165) is 5.01 Å². The van der Waals surface area contributed by atoms with E-state index in [1.165, 1.54) is 11.3 Å². The number of benzene rings is 1. The highest BCUT2D eigenvalue weighted by molar-refractivity contribution is 7.15. The van der Waals surface area contributed by atoms with Crippen molar-refractivity contribution in [1.82, 2.24) is 20.3 Å². The van der Waals surface area contributed by atoms with Crippen LogP contribution in [-0.2, 0) is 4.79 Å². The quantitative estimate of drug-likeness (QED) is 0.721. The van der Waals surface area contributed by atoms with Crippen molar-refractivity contribution in [3.8, 4) is 17.2 Å². The van der Waals surface area contributed by atoms with Gasteiger partial charge in [0.05, 0.1) is 5.56 Å². The lowest BCUT2D eigenvalue weighted by Gasteiger charge is -2.08. The van der Waals surface area contributed by atoms with Crippen LogP contribution >= 0.6 is 11.3 Å². The van der Waals surface area contributed by atoms with Gasteiger partial charge in [0.2, 0.25) is 5.13 Å². The van der Waals surface area contributed by atoms with Gasteiger partial charge in [-0.05, 0) is 19.1 Å². The summed E-state index contributed by atoms with van der Waals surface area (Å²) >= 11 is 1.30. The molecule has 3 rings (SSSR count). The van der Waals surface area contributed by atoms with E-state index in [2.05, 4.69) is 25.7 Å². The zero-order valence-electron chi connectivity index (χ0n) is 14.0. The van der Waals surface area contributed by atoms with Crippen molar-refractivity contribution in [2.24, 2.45) is 0 Å². The molecule has 2 heterocycles. The number of carbonyl (C=O) groups excluding carboxylic acids is 1. The Labute approximate surface area is 148 Å². The summed E-state index contributed by atoms with van der Waals surface area (Å²) in [4.78, 5) is 16.4. The minimum Gasteiger partial charge on any atom is -0.483 e. The predicted octanol–water partition coefficient (Wildman–Crippen LogP) is 3.04. The fraction of sp³-hybridized carbons (Fsp3) is 0.312. The zero-order valence-corrected chi connectivity index (χ0v) is 14.8. The summed E-state index contributed by atoms with van der Waals surface area (Å²) in [6, 6.07) is 7.20. The Balaban J connectivity index is 1.69. The van der Waals surface area contributed by atoms with Crippen LogP contribution in [0, 0.1) is 6.92 Å². The number of hydrogen-bond donors (Lipinski definition) is 1. The van der Waals surface area contributed by atoms with Crippen LogP contribution in [0.1, 0.15) is 30.6 Å². The van der Waals surface area contributed by atoms with Crippen molar-refractivity contribution in [1.29, 1.82) is 0 Å². The Kier molecular flexibility index (Phi) is 5.03. The summed E-state index contributed by atoms with van der Waals surface area (Å²) in [6.45, 7) is 5.61. The van der Waals surface area contributed by atoms with E-state index >= 15 is 0 Å². The molecule has 2 aromatic heterocycles. The molecule has 1 N–H and O–H groups in total. The maximum atomic E-state index is 12.0. The molecule has 9 heteroatoms. The van der Waals surface area contributed by atoms with Crippen molar-refractivity contribution in [2.45, 2.75) is 26.7 Å². The Morgan fingerprint density at radius 2 is 2.12 bits per heavy atom. The maximum absolute atomic E-state index is 12.0. The van der Waals surface area contributed by atoms with E-state index in [1.54, 1.807) is 12.1 Å². The highest BCUT2D eigenvalue weighted by Crippen LogP contribution is 2.29. The minimum absolute atomic E-state index is 0.159. The van der Waals surface area contributed by atoms with Crippen LogP contribution in [-0.4, -0.2) is 32.9 Å². The summed E-state index contributed by atoms with van der Waals surface area (Å²) in [7, 11) is 0. The second-order valence-corrected chi connectivity index (χ2v) is 6.75. The monoisotopic (exact) mass is 359 g/mol. The molecule has 0 aliphatic rings. The van der Waals surface area contributed by atoms with E-state index in [9.17, 15) is 4.79 Å². The number of carbonyl (C=O) groups is 1. The summed E-state index contributed by atoms with van der Waals surface area (Å²) in [6.07, 6.45) is 0. The third-order valence-corrected chi connectivity index (χ3v) is 3.96. The number of hydrogen-bond acceptors (Lipinski definition) is 8. The van der Waals surface area contributed by atoms with E-state index in [0.29, 0.717) is 28.2 Å². The highest BCUT2D eigenvalue weighted by Gasteiger charge is 2.16.